The predicted octanol–water partition coefficient (Wildman–Crippen LogP) is 3.40. The van der Waals surface area contributed by atoms with Gasteiger partial charge in [0.1, 0.15) is 0 Å². The molecule has 1 aliphatic rings. The molecule has 0 saturated heterocycles. The van der Waals surface area contributed by atoms with Gasteiger partial charge >= 0.3 is 0 Å². The van der Waals surface area contributed by atoms with Crippen LogP contribution in [0.15, 0.2) is 47.0 Å². The van der Waals surface area contributed by atoms with E-state index >= 15 is 0 Å². The lowest BCUT2D eigenvalue weighted by molar-refractivity contribution is 0.0994. The van der Waals surface area contributed by atoms with E-state index in [1.807, 2.05) is 24.3 Å². The lowest BCUT2D eigenvalue weighted by Gasteiger charge is -2.02. The topological polar surface area (TPSA) is 79.8 Å². The zero-order chi connectivity index (χ0) is 15.8. The van der Waals surface area contributed by atoms with Gasteiger partial charge in [0.25, 0.3) is 5.89 Å². The van der Waals surface area contributed by atoms with E-state index in [2.05, 4.69) is 16.2 Å². The van der Waals surface area contributed by atoms with Crippen molar-refractivity contribution in [2.24, 2.45) is 0 Å². The van der Waals surface area contributed by atoms with Crippen molar-refractivity contribution >= 4 is 5.78 Å². The maximum atomic E-state index is 11.9. The Labute approximate surface area is 132 Å². The molecule has 0 atom stereocenters. The molecule has 0 aliphatic heterocycles. The van der Waals surface area contributed by atoms with Gasteiger partial charge in [0.05, 0.1) is 11.6 Å². The fraction of sp³-hybridized carbons (Fsp3) is 0.111. The molecule has 4 rings (SSSR count). The highest BCUT2D eigenvalue weighted by atomic mass is 16.5. The largest absolute Gasteiger partial charge is 0.334 e. The molecule has 0 bridgehead atoms. The van der Waals surface area contributed by atoms with Gasteiger partial charge in [-0.15, -0.1) is 0 Å². The van der Waals surface area contributed by atoms with E-state index in [1.165, 1.54) is 0 Å². The third-order valence-corrected chi connectivity index (χ3v) is 3.98. The first-order valence-corrected chi connectivity index (χ1v) is 7.26. The number of nitriles is 1. The van der Waals surface area contributed by atoms with Crippen LogP contribution in [0.3, 0.4) is 0 Å². The molecule has 0 spiro atoms. The summed E-state index contributed by atoms with van der Waals surface area (Å²) in [7, 11) is 0. The van der Waals surface area contributed by atoms with Crippen molar-refractivity contribution in [2.75, 3.05) is 0 Å². The maximum Gasteiger partial charge on any atom is 0.258 e. The second-order valence-electron chi connectivity index (χ2n) is 5.37. The number of Topliss-reactive ketones (excluding diaryl/α,β-unsaturated/α-hetero) is 1. The lowest BCUT2D eigenvalue weighted by Crippen LogP contribution is -1.93. The number of ketones is 1. The molecule has 1 aromatic heterocycles. The number of rotatable bonds is 2. The van der Waals surface area contributed by atoms with Crippen molar-refractivity contribution < 1.29 is 9.32 Å². The molecule has 23 heavy (non-hydrogen) atoms. The first-order chi connectivity index (χ1) is 11.3. The molecule has 0 amide bonds. The second-order valence-corrected chi connectivity index (χ2v) is 5.37. The summed E-state index contributed by atoms with van der Waals surface area (Å²) in [5, 5.41) is 13.0. The Morgan fingerprint density at radius 3 is 2.78 bits per heavy atom. The highest BCUT2D eigenvalue weighted by molar-refractivity contribution is 6.02. The van der Waals surface area contributed by atoms with Gasteiger partial charge < -0.3 is 4.52 Å². The number of hydrogen-bond donors (Lipinski definition) is 0. The van der Waals surface area contributed by atoms with Crippen molar-refractivity contribution in [3.8, 4) is 28.9 Å². The second kappa shape index (κ2) is 5.18. The monoisotopic (exact) mass is 301 g/mol. The summed E-state index contributed by atoms with van der Waals surface area (Å²) in [5.41, 5.74) is 3.80. The van der Waals surface area contributed by atoms with Crippen LogP contribution in [0.5, 0.6) is 0 Å². The van der Waals surface area contributed by atoms with E-state index in [9.17, 15) is 4.79 Å². The molecule has 110 valence electrons. The van der Waals surface area contributed by atoms with Gasteiger partial charge in [-0.05, 0) is 30.2 Å². The van der Waals surface area contributed by atoms with E-state index in [0.717, 1.165) is 16.7 Å². The van der Waals surface area contributed by atoms with Gasteiger partial charge in [0.15, 0.2) is 5.78 Å². The van der Waals surface area contributed by atoms with Gasteiger partial charge in [0, 0.05) is 23.1 Å². The summed E-state index contributed by atoms with van der Waals surface area (Å²) in [4.78, 5) is 16.3. The number of benzene rings is 2. The third kappa shape index (κ3) is 2.21. The van der Waals surface area contributed by atoms with Crippen LogP contribution in [0.1, 0.15) is 27.9 Å². The number of carbonyl (C=O) groups excluding carboxylic acids is 1. The van der Waals surface area contributed by atoms with Crippen LogP contribution >= 0.6 is 0 Å². The molecule has 1 heterocycles. The summed E-state index contributed by atoms with van der Waals surface area (Å²) >= 11 is 0. The summed E-state index contributed by atoms with van der Waals surface area (Å²) in [5.74, 6) is 0.986. The average Bonchev–Trinajstić information content (AvgIpc) is 3.22. The SMILES string of the molecule is N#Cc1cccc(-c2nc(-c3cccc4c3CCC4=O)no2)c1. The molecular weight excluding hydrogens is 290 g/mol. The molecular formula is C18H11N3O2. The fourth-order valence-electron chi connectivity index (χ4n) is 2.87. The van der Waals surface area contributed by atoms with Crippen molar-refractivity contribution in [1.82, 2.24) is 10.1 Å². The minimum absolute atomic E-state index is 0.160. The first-order valence-electron chi connectivity index (χ1n) is 7.26. The molecule has 0 fully saturated rings. The first kappa shape index (κ1) is 13.4. The van der Waals surface area contributed by atoms with Gasteiger partial charge in [0.2, 0.25) is 5.82 Å². The quantitative estimate of drug-likeness (QED) is 0.724. The Balaban J connectivity index is 1.78. The van der Waals surface area contributed by atoms with Crippen LogP contribution in [-0.4, -0.2) is 15.9 Å². The van der Waals surface area contributed by atoms with Gasteiger partial charge in [-0.25, -0.2) is 0 Å². The van der Waals surface area contributed by atoms with E-state index in [-0.39, 0.29) is 5.78 Å². The molecule has 1 aliphatic carbocycles. The van der Waals surface area contributed by atoms with Crippen LogP contribution in [0.25, 0.3) is 22.8 Å². The fourth-order valence-corrected chi connectivity index (χ4v) is 2.87. The van der Waals surface area contributed by atoms with Crippen LogP contribution in [-0.2, 0) is 6.42 Å². The predicted molar refractivity (Wildman–Crippen MR) is 82.5 cm³/mol. The van der Waals surface area contributed by atoms with Crippen molar-refractivity contribution in [2.45, 2.75) is 12.8 Å². The van der Waals surface area contributed by atoms with E-state index < -0.39 is 0 Å². The van der Waals surface area contributed by atoms with Crippen LogP contribution < -0.4 is 0 Å². The Kier molecular flexibility index (Phi) is 3.02. The van der Waals surface area contributed by atoms with E-state index in [4.69, 9.17) is 9.78 Å². The van der Waals surface area contributed by atoms with E-state index in [0.29, 0.717) is 35.7 Å². The molecule has 2 aromatic carbocycles. The van der Waals surface area contributed by atoms with E-state index in [1.54, 1.807) is 18.2 Å². The van der Waals surface area contributed by atoms with Gasteiger partial charge in [-0.2, -0.15) is 10.2 Å². The van der Waals surface area contributed by atoms with Gasteiger partial charge in [-0.3, -0.25) is 4.79 Å². The van der Waals surface area contributed by atoms with Crippen LogP contribution in [0, 0.1) is 11.3 Å². The normalized spacial score (nSPS) is 12.9. The third-order valence-electron chi connectivity index (χ3n) is 3.98. The van der Waals surface area contributed by atoms with Gasteiger partial charge in [-0.1, -0.05) is 29.4 Å². The molecule has 3 aromatic rings. The number of carbonyl (C=O) groups is 1. The zero-order valence-corrected chi connectivity index (χ0v) is 12.1. The van der Waals surface area contributed by atoms with Crippen molar-refractivity contribution in [1.29, 1.82) is 5.26 Å². The molecule has 0 radical (unpaired) electrons. The van der Waals surface area contributed by atoms with Crippen molar-refractivity contribution in [3.05, 3.63) is 59.2 Å². The Morgan fingerprint density at radius 1 is 1.09 bits per heavy atom. The number of fused-ring (bicyclic) bond motifs is 1. The standard InChI is InChI=1S/C18H11N3O2/c19-10-11-3-1-4-12(9-11)18-20-17(21-23-18)15-6-2-5-14-13(15)7-8-16(14)22/h1-6,9H,7-8H2. The Morgan fingerprint density at radius 2 is 1.91 bits per heavy atom. The number of hydrogen-bond acceptors (Lipinski definition) is 5. The lowest BCUT2D eigenvalue weighted by atomic mass is 10.0. The minimum atomic E-state index is 0.160. The minimum Gasteiger partial charge on any atom is -0.334 e. The smallest absolute Gasteiger partial charge is 0.258 e. The molecule has 5 heteroatoms. The maximum absolute atomic E-state index is 11.9. The number of aromatic nitrogens is 2. The summed E-state index contributed by atoms with van der Waals surface area (Å²) in [6, 6.07) is 14.7. The average molecular weight is 301 g/mol. The highest BCUT2D eigenvalue weighted by Gasteiger charge is 2.24. The van der Waals surface area contributed by atoms with Crippen LogP contribution in [0.2, 0.25) is 0 Å². The molecule has 5 nitrogen and oxygen atoms in total. The molecule has 0 unspecified atom stereocenters. The Hall–Kier alpha value is -3.26. The van der Waals surface area contributed by atoms with Crippen LogP contribution in [0.4, 0.5) is 0 Å². The summed E-state index contributed by atoms with van der Waals surface area (Å²) in [6.45, 7) is 0. The highest BCUT2D eigenvalue weighted by Crippen LogP contribution is 2.32. The molecule has 0 saturated carbocycles. The van der Waals surface area contributed by atoms with Crippen molar-refractivity contribution in [3.63, 3.8) is 0 Å². The molecule has 0 N–H and O–H groups in total. The zero-order valence-electron chi connectivity index (χ0n) is 12.1. The number of nitrogens with zero attached hydrogens (tertiary/aromatic N) is 3. The Bertz CT molecular complexity index is 966. The summed E-state index contributed by atoms with van der Waals surface area (Å²) < 4.78 is 5.34. The summed E-state index contributed by atoms with van der Waals surface area (Å²) in [6.07, 6.45) is 1.24.